The Bertz CT molecular complexity index is 999. The topological polar surface area (TPSA) is 17.8 Å². The van der Waals surface area contributed by atoms with Crippen molar-refractivity contribution in [1.82, 2.24) is 9.55 Å². The molecule has 3 aromatic carbocycles. The van der Waals surface area contributed by atoms with Crippen LogP contribution in [0.5, 0.6) is 0 Å². The van der Waals surface area contributed by atoms with E-state index in [1.54, 1.807) is 0 Å². The second-order valence-corrected chi connectivity index (χ2v) is 6.24. The SMILES string of the molecule is Cc1ccccc1-c1nc(-c2ccccc2)n(C)c1-c1ccccc1. The van der Waals surface area contributed by atoms with E-state index in [1.807, 2.05) is 12.1 Å². The molecular formula is C23H20N2. The Morgan fingerprint density at radius 2 is 1.24 bits per heavy atom. The molecule has 0 bridgehead atoms. The number of aryl methyl sites for hydroxylation is 1. The highest BCUT2D eigenvalue weighted by Crippen LogP contribution is 2.36. The van der Waals surface area contributed by atoms with Crippen LogP contribution in [0.2, 0.25) is 0 Å². The number of aromatic nitrogens is 2. The maximum Gasteiger partial charge on any atom is 0.140 e. The Balaban J connectivity index is 2.01. The lowest BCUT2D eigenvalue weighted by molar-refractivity contribution is 0.933. The third-order valence-corrected chi connectivity index (χ3v) is 4.57. The van der Waals surface area contributed by atoms with E-state index >= 15 is 0 Å². The van der Waals surface area contributed by atoms with Crippen LogP contribution in [0.4, 0.5) is 0 Å². The van der Waals surface area contributed by atoms with Crippen LogP contribution in [0.15, 0.2) is 84.9 Å². The molecule has 0 aliphatic carbocycles. The van der Waals surface area contributed by atoms with Gasteiger partial charge in [-0.15, -0.1) is 0 Å². The van der Waals surface area contributed by atoms with Gasteiger partial charge in [-0.1, -0.05) is 84.9 Å². The predicted molar refractivity (Wildman–Crippen MR) is 104 cm³/mol. The summed E-state index contributed by atoms with van der Waals surface area (Å²) in [5.41, 5.74) is 6.90. The fourth-order valence-electron chi connectivity index (χ4n) is 3.30. The Morgan fingerprint density at radius 1 is 0.680 bits per heavy atom. The predicted octanol–water partition coefficient (Wildman–Crippen LogP) is 5.73. The molecule has 0 spiro atoms. The van der Waals surface area contributed by atoms with E-state index in [0.717, 1.165) is 22.8 Å². The first kappa shape index (κ1) is 15.4. The number of hydrogen-bond acceptors (Lipinski definition) is 1. The van der Waals surface area contributed by atoms with Crippen molar-refractivity contribution in [1.29, 1.82) is 0 Å². The Morgan fingerprint density at radius 3 is 1.88 bits per heavy atom. The van der Waals surface area contributed by atoms with Crippen molar-refractivity contribution in [3.8, 4) is 33.9 Å². The van der Waals surface area contributed by atoms with E-state index in [1.165, 1.54) is 16.7 Å². The van der Waals surface area contributed by atoms with Crippen LogP contribution in [-0.2, 0) is 7.05 Å². The van der Waals surface area contributed by atoms with Gasteiger partial charge in [0, 0.05) is 23.7 Å². The average Bonchev–Trinajstić information content (AvgIpc) is 3.00. The standard InChI is InChI=1S/C23H20N2/c1-17-11-9-10-16-20(17)21-22(18-12-5-3-6-13-18)25(2)23(24-21)19-14-7-4-8-15-19/h3-16H,1-2H3. The average molecular weight is 324 g/mol. The molecule has 1 heterocycles. The molecule has 0 saturated heterocycles. The van der Waals surface area contributed by atoms with Crippen LogP contribution < -0.4 is 0 Å². The van der Waals surface area contributed by atoms with Gasteiger partial charge in [-0.3, -0.25) is 0 Å². The zero-order valence-corrected chi connectivity index (χ0v) is 14.5. The number of nitrogens with zero attached hydrogens (tertiary/aromatic N) is 2. The summed E-state index contributed by atoms with van der Waals surface area (Å²) in [5.74, 6) is 0.984. The molecule has 1 aromatic heterocycles. The van der Waals surface area contributed by atoms with Gasteiger partial charge in [0.1, 0.15) is 5.82 Å². The van der Waals surface area contributed by atoms with Crippen molar-refractivity contribution < 1.29 is 0 Å². The van der Waals surface area contributed by atoms with E-state index in [9.17, 15) is 0 Å². The van der Waals surface area contributed by atoms with Crippen molar-refractivity contribution in [2.24, 2.45) is 7.05 Å². The van der Waals surface area contributed by atoms with Crippen LogP contribution >= 0.6 is 0 Å². The van der Waals surface area contributed by atoms with Gasteiger partial charge in [-0.25, -0.2) is 4.98 Å². The summed E-state index contributed by atoms with van der Waals surface area (Å²) in [6.07, 6.45) is 0. The quantitative estimate of drug-likeness (QED) is 0.470. The van der Waals surface area contributed by atoms with Gasteiger partial charge in [0.25, 0.3) is 0 Å². The van der Waals surface area contributed by atoms with Crippen molar-refractivity contribution >= 4 is 0 Å². The summed E-state index contributed by atoms with van der Waals surface area (Å²) < 4.78 is 2.20. The number of imidazole rings is 1. The molecule has 4 aromatic rings. The molecule has 4 rings (SSSR count). The highest BCUT2D eigenvalue weighted by Gasteiger charge is 2.19. The highest BCUT2D eigenvalue weighted by atomic mass is 15.1. The monoisotopic (exact) mass is 324 g/mol. The molecule has 0 radical (unpaired) electrons. The first-order valence-electron chi connectivity index (χ1n) is 8.49. The molecular weight excluding hydrogens is 304 g/mol. The second kappa shape index (κ2) is 6.40. The first-order chi connectivity index (χ1) is 12.3. The minimum Gasteiger partial charge on any atom is -0.327 e. The molecule has 2 heteroatoms. The summed E-state index contributed by atoms with van der Waals surface area (Å²) in [4.78, 5) is 5.05. The molecule has 0 amide bonds. The minimum absolute atomic E-state index is 0.984. The van der Waals surface area contributed by atoms with E-state index in [4.69, 9.17) is 4.98 Å². The van der Waals surface area contributed by atoms with Crippen LogP contribution in [0.3, 0.4) is 0 Å². The summed E-state index contributed by atoms with van der Waals surface area (Å²) in [6, 6.07) is 29.3. The summed E-state index contributed by atoms with van der Waals surface area (Å²) in [6.45, 7) is 2.14. The normalized spacial score (nSPS) is 10.8. The van der Waals surface area contributed by atoms with Crippen LogP contribution in [0.25, 0.3) is 33.9 Å². The maximum absolute atomic E-state index is 5.05. The van der Waals surface area contributed by atoms with Gasteiger partial charge >= 0.3 is 0 Å². The molecule has 0 fully saturated rings. The molecule has 0 atom stereocenters. The zero-order valence-electron chi connectivity index (χ0n) is 14.5. The third kappa shape index (κ3) is 2.76. The Kier molecular flexibility index (Phi) is 3.95. The van der Waals surface area contributed by atoms with Gasteiger partial charge < -0.3 is 4.57 Å². The fraction of sp³-hybridized carbons (Fsp3) is 0.0870. The lowest BCUT2D eigenvalue weighted by Gasteiger charge is -2.09. The largest absolute Gasteiger partial charge is 0.327 e. The third-order valence-electron chi connectivity index (χ3n) is 4.57. The van der Waals surface area contributed by atoms with E-state index in [2.05, 4.69) is 91.3 Å². The Labute approximate surface area is 148 Å². The van der Waals surface area contributed by atoms with E-state index < -0.39 is 0 Å². The zero-order chi connectivity index (χ0) is 17.2. The summed E-state index contributed by atoms with van der Waals surface area (Å²) >= 11 is 0. The number of benzene rings is 3. The molecule has 122 valence electrons. The van der Waals surface area contributed by atoms with Gasteiger partial charge in [0.05, 0.1) is 11.4 Å². The summed E-state index contributed by atoms with van der Waals surface area (Å²) in [5, 5.41) is 0. The number of rotatable bonds is 3. The fourth-order valence-corrected chi connectivity index (χ4v) is 3.30. The smallest absolute Gasteiger partial charge is 0.140 e. The van der Waals surface area contributed by atoms with Gasteiger partial charge in [0.2, 0.25) is 0 Å². The Hall–Kier alpha value is -3.13. The van der Waals surface area contributed by atoms with Crippen LogP contribution in [-0.4, -0.2) is 9.55 Å². The molecule has 0 unspecified atom stereocenters. The van der Waals surface area contributed by atoms with Crippen molar-refractivity contribution in [3.63, 3.8) is 0 Å². The van der Waals surface area contributed by atoms with Crippen molar-refractivity contribution in [2.45, 2.75) is 6.92 Å². The van der Waals surface area contributed by atoms with E-state index in [0.29, 0.717) is 0 Å². The molecule has 2 nitrogen and oxygen atoms in total. The molecule has 0 aliphatic rings. The lowest BCUT2D eigenvalue weighted by atomic mass is 10.0. The molecule has 25 heavy (non-hydrogen) atoms. The van der Waals surface area contributed by atoms with E-state index in [-0.39, 0.29) is 0 Å². The first-order valence-corrected chi connectivity index (χ1v) is 8.49. The minimum atomic E-state index is 0.984. The highest BCUT2D eigenvalue weighted by molar-refractivity contribution is 5.83. The van der Waals surface area contributed by atoms with Crippen molar-refractivity contribution in [3.05, 3.63) is 90.5 Å². The number of hydrogen-bond donors (Lipinski definition) is 0. The lowest BCUT2D eigenvalue weighted by Crippen LogP contribution is -1.95. The van der Waals surface area contributed by atoms with Crippen molar-refractivity contribution in [2.75, 3.05) is 0 Å². The molecule has 0 aliphatic heterocycles. The van der Waals surface area contributed by atoms with Crippen LogP contribution in [0.1, 0.15) is 5.56 Å². The second-order valence-electron chi connectivity index (χ2n) is 6.24. The molecule has 0 N–H and O–H groups in total. The van der Waals surface area contributed by atoms with Crippen LogP contribution in [0, 0.1) is 6.92 Å². The van der Waals surface area contributed by atoms with Gasteiger partial charge in [-0.2, -0.15) is 0 Å². The molecule has 0 saturated carbocycles. The summed E-state index contributed by atoms with van der Waals surface area (Å²) in [7, 11) is 2.10. The van der Waals surface area contributed by atoms with Gasteiger partial charge in [-0.05, 0) is 12.5 Å². The maximum atomic E-state index is 5.05. The van der Waals surface area contributed by atoms with Gasteiger partial charge in [0.15, 0.2) is 0 Å².